The van der Waals surface area contributed by atoms with Crippen molar-refractivity contribution in [3.63, 3.8) is 0 Å². The van der Waals surface area contributed by atoms with Crippen molar-refractivity contribution < 1.29 is 18.7 Å². The number of rotatable bonds is 4. The molecule has 0 atom stereocenters. The molecule has 3 N–H and O–H groups in total. The maximum absolute atomic E-state index is 12.8. The molecule has 17 heavy (non-hydrogen) atoms. The number of pyridine rings is 1. The fraction of sp³-hybridized carbons (Fsp3) is 0.300. The second kappa shape index (κ2) is 5.32. The number of carbonyl (C=O) groups is 1. The highest BCUT2D eigenvalue weighted by Crippen LogP contribution is 2.27. The lowest BCUT2D eigenvalue weighted by atomic mass is 9.99. The van der Waals surface area contributed by atoms with Crippen LogP contribution in [0.1, 0.15) is 28.8 Å². The van der Waals surface area contributed by atoms with Crippen molar-refractivity contribution in [3.8, 4) is 6.07 Å². The number of nitrogens with two attached hydrogens (primary N) is 1. The summed E-state index contributed by atoms with van der Waals surface area (Å²) in [7, 11) is 0. The minimum absolute atomic E-state index is 0.0195. The fourth-order valence-electron chi connectivity index (χ4n) is 1.49. The number of nitrogens with zero attached hydrogens (tertiary/aromatic N) is 2. The third kappa shape index (κ3) is 2.73. The summed E-state index contributed by atoms with van der Waals surface area (Å²) >= 11 is 0. The molecule has 90 valence electrons. The number of aliphatic carboxylic acids is 1. The van der Waals surface area contributed by atoms with E-state index in [1.165, 1.54) is 6.07 Å². The molecule has 0 aliphatic carbocycles. The van der Waals surface area contributed by atoms with E-state index in [1.54, 1.807) is 0 Å². The molecule has 0 amide bonds. The van der Waals surface area contributed by atoms with Gasteiger partial charge >= 0.3 is 5.97 Å². The standard InChI is InChI=1S/C10H9F2N3O2/c11-10(12)9-6(2-13)5(1-8(16)17)4-15-7(9)3-14/h4,10H,1-2,13H2,(H,16,17). The maximum Gasteiger partial charge on any atom is 0.307 e. The smallest absolute Gasteiger partial charge is 0.307 e. The zero-order valence-electron chi connectivity index (χ0n) is 8.65. The largest absolute Gasteiger partial charge is 0.481 e. The quantitative estimate of drug-likeness (QED) is 0.818. The van der Waals surface area contributed by atoms with Gasteiger partial charge in [0.25, 0.3) is 6.43 Å². The number of hydrogen-bond donors (Lipinski definition) is 2. The van der Waals surface area contributed by atoms with E-state index in [2.05, 4.69) is 4.98 Å². The van der Waals surface area contributed by atoms with Crippen LogP contribution in [0.15, 0.2) is 6.20 Å². The summed E-state index contributed by atoms with van der Waals surface area (Å²) in [5.74, 6) is -1.17. The van der Waals surface area contributed by atoms with Gasteiger partial charge in [-0.15, -0.1) is 0 Å². The topological polar surface area (TPSA) is 100 Å². The monoisotopic (exact) mass is 241 g/mol. The summed E-state index contributed by atoms with van der Waals surface area (Å²) < 4.78 is 25.6. The molecule has 0 fully saturated rings. The van der Waals surface area contributed by atoms with Gasteiger partial charge < -0.3 is 10.8 Å². The molecule has 0 aliphatic rings. The number of carboxylic acids is 1. The Morgan fingerprint density at radius 3 is 2.71 bits per heavy atom. The van der Waals surface area contributed by atoms with Crippen LogP contribution in [0.2, 0.25) is 0 Å². The predicted molar refractivity (Wildman–Crippen MR) is 53.1 cm³/mol. The lowest BCUT2D eigenvalue weighted by Crippen LogP contribution is -2.13. The van der Waals surface area contributed by atoms with Crippen LogP contribution in [0.3, 0.4) is 0 Å². The Morgan fingerprint density at radius 2 is 2.29 bits per heavy atom. The van der Waals surface area contributed by atoms with E-state index in [0.29, 0.717) is 0 Å². The minimum atomic E-state index is -2.91. The molecule has 0 spiro atoms. The van der Waals surface area contributed by atoms with Gasteiger partial charge in [0.05, 0.1) is 12.0 Å². The Morgan fingerprint density at radius 1 is 1.65 bits per heavy atom. The van der Waals surface area contributed by atoms with Gasteiger partial charge in [0, 0.05) is 12.7 Å². The number of hydrogen-bond acceptors (Lipinski definition) is 4. The molecule has 0 saturated heterocycles. The molecule has 7 heteroatoms. The molecule has 1 aromatic rings. The van der Waals surface area contributed by atoms with E-state index in [-0.39, 0.29) is 17.7 Å². The molecule has 1 heterocycles. The summed E-state index contributed by atoms with van der Waals surface area (Å²) in [6.45, 7) is -0.264. The first-order chi connectivity index (χ1) is 8.01. The third-order valence-electron chi connectivity index (χ3n) is 2.19. The summed E-state index contributed by atoms with van der Waals surface area (Å²) in [6.07, 6.45) is -2.27. The average Bonchev–Trinajstić information content (AvgIpc) is 2.27. The van der Waals surface area contributed by atoms with Gasteiger partial charge in [-0.25, -0.2) is 13.8 Å². The molecule has 1 aromatic heterocycles. The summed E-state index contributed by atoms with van der Waals surface area (Å²) in [5.41, 5.74) is 4.41. The zero-order valence-corrected chi connectivity index (χ0v) is 8.65. The van der Waals surface area contributed by atoms with Gasteiger partial charge in [-0.1, -0.05) is 0 Å². The van der Waals surface area contributed by atoms with Gasteiger partial charge in [0.1, 0.15) is 11.8 Å². The molecule has 0 bridgehead atoms. The summed E-state index contributed by atoms with van der Waals surface area (Å²) in [5, 5.41) is 17.3. The number of halogens is 2. The molecule has 0 saturated carbocycles. The van der Waals surface area contributed by atoms with E-state index in [4.69, 9.17) is 16.1 Å². The third-order valence-corrected chi connectivity index (χ3v) is 2.19. The van der Waals surface area contributed by atoms with Crippen LogP contribution in [0.4, 0.5) is 8.78 Å². The number of alkyl halides is 2. The minimum Gasteiger partial charge on any atom is -0.481 e. The van der Waals surface area contributed by atoms with Gasteiger partial charge in [0.2, 0.25) is 0 Å². The van der Waals surface area contributed by atoms with Crippen LogP contribution in [-0.2, 0) is 17.8 Å². The molecule has 5 nitrogen and oxygen atoms in total. The van der Waals surface area contributed by atoms with Crippen LogP contribution in [0.25, 0.3) is 0 Å². The highest BCUT2D eigenvalue weighted by molar-refractivity contribution is 5.71. The van der Waals surface area contributed by atoms with Crippen molar-refractivity contribution in [1.29, 1.82) is 5.26 Å². The number of aromatic nitrogens is 1. The lowest BCUT2D eigenvalue weighted by Gasteiger charge is -2.12. The first-order valence-electron chi connectivity index (χ1n) is 4.62. The van der Waals surface area contributed by atoms with Gasteiger partial charge in [-0.3, -0.25) is 4.79 Å². The van der Waals surface area contributed by atoms with Crippen molar-refractivity contribution in [2.45, 2.75) is 19.4 Å². The normalized spacial score (nSPS) is 10.3. The number of carboxylic acid groups (broad SMARTS) is 1. The van der Waals surface area contributed by atoms with Crippen LogP contribution in [0, 0.1) is 11.3 Å². The Kier molecular flexibility index (Phi) is 4.06. The van der Waals surface area contributed by atoms with Crippen LogP contribution >= 0.6 is 0 Å². The summed E-state index contributed by atoms with van der Waals surface area (Å²) in [6, 6.07) is 1.54. The lowest BCUT2D eigenvalue weighted by molar-refractivity contribution is -0.136. The van der Waals surface area contributed by atoms with Crippen molar-refractivity contribution in [3.05, 3.63) is 28.6 Å². The number of nitriles is 1. The zero-order chi connectivity index (χ0) is 13.0. The van der Waals surface area contributed by atoms with E-state index < -0.39 is 30.1 Å². The van der Waals surface area contributed by atoms with Crippen LogP contribution in [-0.4, -0.2) is 16.1 Å². The second-order valence-electron chi connectivity index (χ2n) is 3.21. The fourth-order valence-corrected chi connectivity index (χ4v) is 1.49. The van der Waals surface area contributed by atoms with E-state index in [0.717, 1.165) is 6.20 Å². The van der Waals surface area contributed by atoms with Gasteiger partial charge in [0.15, 0.2) is 0 Å². The molecule has 0 aromatic carbocycles. The van der Waals surface area contributed by atoms with Crippen LogP contribution in [0.5, 0.6) is 0 Å². The molecule has 1 rings (SSSR count). The van der Waals surface area contributed by atoms with Crippen molar-refractivity contribution in [2.24, 2.45) is 5.73 Å². The molecule has 0 unspecified atom stereocenters. The van der Waals surface area contributed by atoms with Crippen molar-refractivity contribution >= 4 is 5.97 Å². The average molecular weight is 241 g/mol. The molecule has 0 aliphatic heterocycles. The van der Waals surface area contributed by atoms with E-state index in [9.17, 15) is 13.6 Å². The van der Waals surface area contributed by atoms with Gasteiger partial charge in [-0.2, -0.15) is 5.26 Å². The van der Waals surface area contributed by atoms with Crippen LogP contribution < -0.4 is 5.73 Å². The van der Waals surface area contributed by atoms with Gasteiger partial charge in [-0.05, 0) is 11.1 Å². The second-order valence-corrected chi connectivity index (χ2v) is 3.21. The highest BCUT2D eigenvalue weighted by atomic mass is 19.3. The predicted octanol–water partition coefficient (Wildman–Crippen LogP) is 0.977. The highest BCUT2D eigenvalue weighted by Gasteiger charge is 2.22. The first kappa shape index (κ1) is 13.0. The molecular weight excluding hydrogens is 232 g/mol. The Balaban J connectivity index is 3.42. The van der Waals surface area contributed by atoms with E-state index >= 15 is 0 Å². The molecule has 0 radical (unpaired) electrons. The Hall–Kier alpha value is -2.07. The van der Waals surface area contributed by atoms with Crippen molar-refractivity contribution in [2.75, 3.05) is 0 Å². The SMILES string of the molecule is N#Cc1ncc(CC(=O)O)c(CN)c1C(F)F. The van der Waals surface area contributed by atoms with E-state index in [1.807, 2.05) is 0 Å². The summed E-state index contributed by atoms with van der Waals surface area (Å²) in [4.78, 5) is 14.1. The Bertz CT molecular complexity index is 483. The Labute approximate surface area is 95.5 Å². The molecular formula is C10H9F2N3O2. The maximum atomic E-state index is 12.8. The van der Waals surface area contributed by atoms with Crippen molar-refractivity contribution in [1.82, 2.24) is 4.98 Å². The first-order valence-corrected chi connectivity index (χ1v) is 4.62.